The van der Waals surface area contributed by atoms with Gasteiger partial charge in [0.05, 0.1) is 12.9 Å². The van der Waals surface area contributed by atoms with E-state index in [9.17, 15) is 4.39 Å². The van der Waals surface area contributed by atoms with E-state index in [2.05, 4.69) is 31.2 Å². The van der Waals surface area contributed by atoms with Gasteiger partial charge in [0.25, 0.3) is 0 Å². The van der Waals surface area contributed by atoms with E-state index < -0.39 is 0 Å². The van der Waals surface area contributed by atoms with Crippen LogP contribution in [0.2, 0.25) is 0 Å². The summed E-state index contributed by atoms with van der Waals surface area (Å²) in [6.07, 6.45) is 9.19. The van der Waals surface area contributed by atoms with Crippen LogP contribution in [-0.2, 0) is 0 Å². The predicted octanol–water partition coefficient (Wildman–Crippen LogP) is 5.62. The minimum atomic E-state index is 0.438. The zero-order chi connectivity index (χ0) is 14.2. The minimum absolute atomic E-state index is 0.438. The Kier molecular flexibility index (Phi) is 6.10. The van der Waals surface area contributed by atoms with Crippen molar-refractivity contribution in [1.29, 1.82) is 0 Å². The van der Waals surface area contributed by atoms with Crippen molar-refractivity contribution >= 4 is 0 Å². The van der Waals surface area contributed by atoms with Crippen LogP contribution in [0.5, 0.6) is 5.75 Å². The molecule has 0 atom stereocenters. The van der Waals surface area contributed by atoms with E-state index in [1.807, 2.05) is 0 Å². The van der Waals surface area contributed by atoms with Gasteiger partial charge in [0, 0.05) is 0 Å². The van der Waals surface area contributed by atoms with Crippen LogP contribution in [0.25, 0.3) is 0 Å². The van der Waals surface area contributed by atoms with Gasteiger partial charge in [0.15, 0.2) is 0 Å². The summed E-state index contributed by atoms with van der Waals surface area (Å²) >= 11 is 0. The van der Waals surface area contributed by atoms with Gasteiger partial charge in [-0.25, -0.2) is 4.39 Å². The number of rotatable bonds is 6. The van der Waals surface area contributed by atoms with Crippen molar-refractivity contribution in [2.45, 2.75) is 51.4 Å². The van der Waals surface area contributed by atoms with Crippen molar-refractivity contribution in [2.75, 3.05) is 6.61 Å². The molecule has 1 saturated carbocycles. The molecule has 0 unspecified atom stereocenters. The average Bonchev–Trinajstić information content (AvgIpc) is 2.49. The molecule has 0 N–H and O–H groups in total. The van der Waals surface area contributed by atoms with Gasteiger partial charge in [-0.2, -0.15) is 0 Å². The second-order valence-electron chi connectivity index (χ2n) is 5.70. The maximum atomic E-state index is 12.2. The molecule has 1 nitrogen and oxygen atoms in total. The number of benzene rings is 1. The van der Waals surface area contributed by atoms with Crippen LogP contribution >= 0.6 is 0 Å². The molecule has 0 aromatic heterocycles. The van der Waals surface area contributed by atoms with Gasteiger partial charge in [-0.15, -0.1) is 0 Å². The highest BCUT2D eigenvalue weighted by Crippen LogP contribution is 2.36. The summed E-state index contributed by atoms with van der Waals surface area (Å²) in [7, 11) is 0. The highest BCUT2D eigenvalue weighted by Gasteiger charge is 2.20. The Balaban J connectivity index is 1.84. The third-order valence-corrected chi connectivity index (χ3v) is 4.23. The van der Waals surface area contributed by atoms with Gasteiger partial charge >= 0.3 is 0 Å². The van der Waals surface area contributed by atoms with Crippen molar-refractivity contribution in [3.05, 3.63) is 42.2 Å². The van der Waals surface area contributed by atoms with Gasteiger partial charge in [-0.1, -0.05) is 31.6 Å². The predicted molar refractivity (Wildman–Crippen MR) is 81.8 cm³/mol. The van der Waals surface area contributed by atoms with E-state index in [0.717, 1.165) is 50.9 Å². The largest absolute Gasteiger partial charge is 0.494 e. The molecule has 1 aromatic carbocycles. The fourth-order valence-electron chi connectivity index (χ4n) is 2.92. The molecule has 1 aromatic rings. The van der Waals surface area contributed by atoms with Gasteiger partial charge in [-0.05, 0) is 61.6 Å². The van der Waals surface area contributed by atoms with Crippen LogP contribution in [-0.4, -0.2) is 6.61 Å². The zero-order valence-electron chi connectivity index (χ0n) is 12.4. The van der Waals surface area contributed by atoms with Crippen LogP contribution in [0, 0.1) is 5.92 Å². The summed E-state index contributed by atoms with van der Waals surface area (Å²) in [6.45, 7) is 2.97. The first-order valence-corrected chi connectivity index (χ1v) is 7.83. The van der Waals surface area contributed by atoms with Crippen molar-refractivity contribution in [3.8, 4) is 5.75 Å². The maximum absolute atomic E-state index is 12.2. The van der Waals surface area contributed by atoms with E-state index >= 15 is 0 Å². The molecule has 1 fully saturated rings. The Morgan fingerprint density at radius 2 is 1.85 bits per heavy atom. The molecule has 0 amide bonds. The SMILES string of the molecule is CCCCOc1ccc(C2CCC(C=CF)CC2)cc1. The normalized spacial score (nSPS) is 23.1. The molecule has 2 heteroatoms. The van der Waals surface area contributed by atoms with E-state index in [0.29, 0.717) is 18.2 Å². The van der Waals surface area contributed by atoms with E-state index in [1.165, 1.54) is 5.56 Å². The Hall–Kier alpha value is -1.31. The fourth-order valence-corrected chi connectivity index (χ4v) is 2.92. The number of halogens is 1. The van der Waals surface area contributed by atoms with Crippen LogP contribution in [0.1, 0.15) is 56.9 Å². The zero-order valence-corrected chi connectivity index (χ0v) is 12.4. The molecule has 0 spiro atoms. The molecule has 1 aliphatic carbocycles. The highest BCUT2D eigenvalue weighted by molar-refractivity contribution is 5.29. The van der Waals surface area contributed by atoms with E-state index in [4.69, 9.17) is 4.74 Å². The quantitative estimate of drug-likeness (QED) is 0.612. The second kappa shape index (κ2) is 8.08. The molecule has 110 valence electrons. The van der Waals surface area contributed by atoms with Crippen molar-refractivity contribution in [1.82, 2.24) is 0 Å². The molecule has 0 bridgehead atoms. The maximum Gasteiger partial charge on any atom is 0.119 e. The third-order valence-electron chi connectivity index (χ3n) is 4.23. The number of ether oxygens (including phenoxy) is 1. The minimum Gasteiger partial charge on any atom is -0.494 e. The highest BCUT2D eigenvalue weighted by atomic mass is 19.1. The molecule has 0 radical (unpaired) electrons. The molecule has 1 aliphatic rings. The Bertz CT molecular complexity index is 402. The van der Waals surface area contributed by atoms with Crippen molar-refractivity contribution < 1.29 is 9.13 Å². The number of hydrogen-bond acceptors (Lipinski definition) is 1. The topological polar surface area (TPSA) is 9.23 Å². The number of unbranched alkanes of at least 4 members (excludes halogenated alkanes) is 1. The molecular weight excluding hydrogens is 251 g/mol. The van der Waals surface area contributed by atoms with Gasteiger partial charge < -0.3 is 4.74 Å². The first-order valence-electron chi connectivity index (χ1n) is 7.83. The van der Waals surface area contributed by atoms with Gasteiger partial charge in [0.1, 0.15) is 5.75 Å². The molecule has 0 saturated heterocycles. The van der Waals surface area contributed by atoms with Gasteiger partial charge in [0.2, 0.25) is 0 Å². The molecule has 0 aliphatic heterocycles. The number of hydrogen-bond donors (Lipinski definition) is 0. The molecule has 2 rings (SSSR count). The summed E-state index contributed by atoms with van der Waals surface area (Å²) in [4.78, 5) is 0. The van der Waals surface area contributed by atoms with Crippen LogP contribution < -0.4 is 4.74 Å². The first kappa shape index (κ1) is 15.1. The Morgan fingerprint density at radius 3 is 2.45 bits per heavy atom. The standard InChI is InChI=1S/C18H25FO/c1-2-3-14-20-18-10-8-17(9-11-18)16-6-4-15(5-7-16)12-13-19/h8-13,15-16H,2-7,14H2,1H3. The molecule has 20 heavy (non-hydrogen) atoms. The van der Waals surface area contributed by atoms with Crippen molar-refractivity contribution in [3.63, 3.8) is 0 Å². The van der Waals surface area contributed by atoms with Gasteiger partial charge in [-0.3, -0.25) is 0 Å². The molecular formula is C18H25FO. The summed E-state index contributed by atoms with van der Waals surface area (Å²) in [5.41, 5.74) is 1.40. The summed E-state index contributed by atoms with van der Waals surface area (Å²) in [6, 6.07) is 8.55. The smallest absolute Gasteiger partial charge is 0.119 e. The first-order chi connectivity index (χ1) is 9.83. The summed E-state index contributed by atoms with van der Waals surface area (Å²) < 4.78 is 17.9. The fraction of sp³-hybridized carbons (Fsp3) is 0.556. The second-order valence-corrected chi connectivity index (χ2v) is 5.70. The third kappa shape index (κ3) is 4.36. The van der Waals surface area contributed by atoms with E-state index in [1.54, 1.807) is 6.08 Å². The summed E-state index contributed by atoms with van der Waals surface area (Å²) in [5, 5.41) is 0. The van der Waals surface area contributed by atoms with E-state index in [-0.39, 0.29) is 0 Å². The Morgan fingerprint density at radius 1 is 1.15 bits per heavy atom. The lowest BCUT2D eigenvalue weighted by Gasteiger charge is -2.26. The van der Waals surface area contributed by atoms with Crippen molar-refractivity contribution in [2.24, 2.45) is 5.92 Å². The van der Waals surface area contributed by atoms with Crippen LogP contribution in [0.15, 0.2) is 36.7 Å². The molecule has 0 heterocycles. The lowest BCUT2D eigenvalue weighted by atomic mass is 9.79. The average molecular weight is 276 g/mol. The Labute approximate surface area is 121 Å². The lowest BCUT2D eigenvalue weighted by molar-refractivity contribution is 0.309. The van der Waals surface area contributed by atoms with Crippen LogP contribution in [0.4, 0.5) is 4.39 Å². The van der Waals surface area contributed by atoms with Crippen LogP contribution in [0.3, 0.4) is 0 Å². The summed E-state index contributed by atoms with van der Waals surface area (Å²) in [5.74, 6) is 2.04. The number of allylic oxidation sites excluding steroid dienone is 1. The monoisotopic (exact) mass is 276 g/mol. The lowest BCUT2D eigenvalue weighted by Crippen LogP contribution is -2.11.